The lowest BCUT2D eigenvalue weighted by atomic mass is 9.95. The van der Waals surface area contributed by atoms with E-state index in [1.54, 1.807) is 0 Å². The second-order valence-electron chi connectivity index (χ2n) is 6.35. The molecule has 1 N–H and O–H groups in total. The Kier molecular flexibility index (Phi) is 6.53. The Bertz CT molecular complexity index is 472. The van der Waals surface area contributed by atoms with E-state index in [0.29, 0.717) is 18.3 Å². The van der Waals surface area contributed by atoms with Gasteiger partial charge in [-0.25, -0.2) is 0 Å². The third-order valence-electron chi connectivity index (χ3n) is 3.37. The molecule has 1 unspecified atom stereocenters. The van der Waals surface area contributed by atoms with Gasteiger partial charge in [-0.2, -0.15) is 0 Å². The van der Waals surface area contributed by atoms with Gasteiger partial charge >= 0.3 is 0 Å². The summed E-state index contributed by atoms with van der Waals surface area (Å²) < 4.78 is 5.96. The quantitative estimate of drug-likeness (QED) is 0.774. The van der Waals surface area contributed by atoms with Crippen LogP contribution < -0.4 is 10.1 Å². The predicted molar refractivity (Wildman–Crippen MR) is 88.1 cm³/mol. The second-order valence-corrected chi connectivity index (χ2v) is 6.62. The molecule has 0 bridgehead atoms. The van der Waals surface area contributed by atoms with Gasteiger partial charge in [-0.1, -0.05) is 32.0 Å². The van der Waals surface area contributed by atoms with Crippen LogP contribution in [0.4, 0.5) is 0 Å². The van der Waals surface area contributed by atoms with E-state index in [1.165, 1.54) is 5.56 Å². The van der Waals surface area contributed by atoms with Crippen LogP contribution in [0.25, 0.3) is 0 Å². The summed E-state index contributed by atoms with van der Waals surface area (Å²) in [7, 11) is 0. The maximum atomic E-state index is 12.0. The molecule has 0 spiro atoms. The third kappa shape index (κ3) is 5.24. The number of ether oxygens (including phenoxy) is 1. The Morgan fingerprint density at radius 2 is 1.90 bits per heavy atom. The van der Waals surface area contributed by atoms with Crippen molar-refractivity contribution in [1.29, 1.82) is 0 Å². The molecule has 118 valence electrons. The van der Waals surface area contributed by atoms with Gasteiger partial charge in [-0.05, 0) is 38.3 Å². The van der Waals surface area contributed by atoms with E-state index < -0.39 is 5.41 Å². The number of hydrogen-bond donors (Lipinski definition) is 1. The topological polar surface area (TPSA) is 38.3 Å². The van der Waals surface area contributed by atoms with Gasteiger partial charge in [-0.15, -0.1) is 11.6 Å². The molecule has 0 heterocycles. The number of carbonyl (C=O) groups excluding carboxylic acids is 1. The zero-order valence-electron chi connectivity index (χ0n) is 13.6. The first kappa shape index (κ1) is 17.8. The third-order valence-corrected chi connectivity index (χ3v) is 4.04. The normalized spacial score (nSPS) is 13.1. The average molecular weight is 312 g/mol. The summed E-state index contributed by atoms with van der Waals surface area (Å²) in [6.45, 7) is 10.3. The van der Waals surface area contributed by atoms with Crippen molar-refractivity contribution in [3.63, 3.8) is 0 Å². The first-order valence-corrected chi connectivity index (χ1v) is 7.91. The van der Waals surface area contributed by atoms with Crippen molar-refractivity contribution in [2.45, 2.75) is 46.6 Å². The smallest absolute Gasteiger partial charge is 0.226 e. The van der Waals surface area contributed by atoms with Gasteiger partial charge in [0.15, 0.2) is 0 Å². The Balaban J connectivity index is 2.59. The van der Waals surface area contributed by atoms with E-state index in [4.69, 9.17) is 16.3 Å². The van der Waals surface area contributed by atoms with E-state index in [2.05, 4.69) is 25.2 Å². The van der Waals surface area contributed by atoms with Gasteiger partial charge in [0.1, 0.15) is 11.9 Å². The molecule has 1 aromatic rings. The summed E-state index contributed by atoms with van der Waals surface area (Å²) in [5, 5.41) is 2.89. The highest BCUT2D eigenvalue weighted by atomic mass is 35.5. The van der Waals surface area contributed by atoms with Crippen molar-refractivity contribution >= 4 is 17.5 Å². The summed E-state index contributed by atoms with van der Waals surface area (Å²) in [5.74, 6) is 1.53. The van der Waals surface area contributed by atoms with Crippen LogP contribution >= 0.6 is 11.6 Å². The fourth-order valence-corrected chi connectivity index (χ4v) is 1.98. The predicted octanol–water partition coefficient (Wildman–Crippen LogP) is 3.96. The van der Waals surface area contributed by atoms with E-state index in [9.17, 15) is 4.79 Å². The van der Waals surface area contributed by atoms with Gasteiger partial charge in [0.25, 0.3) is 0 Å². The molecular weight excluding hydrogens is 286 g/mol. The summed E-state index contributed by atoms with van der Waals surface area (Å²) in [6, 6.07) is 8.01. The monoisotopic (exact) mass is 311 g/mol. The van der Waals surface area contributed by atoms with Gasteiger partial charge in [-0.3, -0.25) is 4.79 Å². The maximum Gasteiger partial charge on any atom is 0.226 e. The second kappa shape index (κ2) is 7.69. The van der Waals surface area contributed by atoms with Crippen LogP contribution in [0.1, 0.15) is 46.1 Å². The molecule has 21 heavy (non-hydrogen) atoms. The van der Waals surface area contributed by atoms with Crippen LogP contribution in [0.15, 0.2) is 24.3 Å². The first-order valence-electron chi connectivity index (χ1n) is 7.37. The molecule has 0 fully saturated rings. The number of alkyl halides is 1. The molecule has 0 aromatic heterocycles. The minimum atomic E-state index is -0.558. The first-order chi connectivity index (χ1) is 9.77. The highest BCUT2D eigenvalue weighted by molar-refractivity contribution is 6.19. The fraction of sp³-hybridized carbons (Fsp3) is 0.588. The van der Waals surface area contributed by atoms with Crippen LogP contribution in [0, 0.1) is 5.41 Å². The summed E-state index contributed by atoms with van der Waals surface area (Å²) in [5.41, 5.74) is 0.619. The van der Waals surface area contributed by atoms with E-state index >= 15 is 0 Å². The number of amides is 1. The summed E-state index contributed by atoms with van der Waals surface area (Å²) >= 11 is 5.80. The lowest BCUT2D eigenvalue weighted by molar-refractivity contribution is -0.128. The van der Waals surface area contributed by atoms with E-state index in [-0.39, 0.29) is 12.0 Å². The Morgan fingerprint density at radius 3 is 2.48 bits per heavy atom. The molecule has 0 aliphatic heterocycles. The molecule has 4 heteroatoms. The SMILES string of the molecule is CC(CNC(=O)C(C)(C)CCl)Oc1ccccc1C(C)C. The molecule has 3 nitrogen and oxygen atoms in total. The molecule has 1 atom stereocenters. The highest BCUT2D eigenvalue weighted by Crippen LogP contribution is 2.26. The number of carbonyl (C=O) groups is 1. The van der Waals surface area contributed by atoms with Crippen molar-refractivity contribution in [3.05, 3.63) is 29.8 Å². The molecule has 1 aromatic carbocycles. The van der Waals surface area contributed by atoms with E-state index in [0.717, 1.165) is 5.75 Å². The summed E-state index contributed by atoms with van der Waals surface area (Å²) in [4.78, 5) is 12.0. The number of hydrogen-bond acceptors (Lipinski definition) is 2. The molecule has 0 saturated heterocycles. The van der Waals surface area contributed by atoms with Crippen LogP contribution in [-0.2, 0) is 4.79 Å². The number of rotatable bonds is 7. The standard InChI is InChI=1S/C17H26ClNO2/c1-12(2)14-8-6-7-9-15(14)21-13(3)10-19-16(20)17(4,5)11-18/h6-9,12-13H,10-11H2,1-5H3,(H,19,20). The fourth-order valence-electron chi connectivity index (χ4n) is 1.86. The van der Waals surface area contributed by atoms with Gasteiger partial charge < -0.3 is 10.1 Å². The van der Waals surface area contributed by atoms with Crippen molar-refractivity contribution in [1.82, 2.24) is 5.32 Å². The minimum Gasteiger partial charge on any atom is -0.489 e. The van der Waals surface area contributed by atoms with Crippen molar-refractivity contribution in [3.8, 4) is 5.75 Å². The van der Waals surface area contributed by atoms with Crippen molar-refractivity contribution in [2.75, 3.05) is 12.4 Å². The number of benzene rings is 1. The number of para-hydroxylation sites is 1. The zero-order chi connectivity index (χ0) is 16.0. The van der Waals surface area contributed by atoms with Crippen molar-refractivity contribution in [2.24, 2.45) is 5.41 Å². The van der Waals surface area contributed by atoms with Gasteiger partial charge in [0, 0.05) is 5.88 Å². The highest BCUT2D eigenvalue weighted by Gasteiger charge is 2.26. The molecule has 1 amide bonds. The van der Waals surface area contributed by atoms with Crippen molar-refractivity contribution < 1.29 is 9.53 Å². The van der Waals surface area contributed by atoms with Gasteiger partial charge in [0.2, 0.25) is 5.91 Å². The minimum absolute atomic E-state index is 0.0508. The lowest BCUT2D eigenvalue weighted by Crippen LogP contribution is -2.42. The molecule has 1 rings (SSSR count). The molecular formula is C17H26ClNO2. The Labute approximate surface area is 133 Å². The lowest BCUT2D eigenvalue weighted by Gasteiger charge is -2.23. The Hall–Kier alpha value is -1.22. The number of halogens is 1. The van der Waals surface area contributed by atoms with Gasteiger partial charge in [0.05, 0.1) is 12.0 Å². The molecule has 0 radical (unpaired) electrons. The van der Waals surface area contributed by atoms with Crippen LogP contribution in [-0.4, -0.2) is 24.4 Å². The maximum absolute atomic E-state index is 12.0. The number of nitrogens with one attached hydrogen (secondary N) is 1. The van der Waals surface area contributed by atoms with Crippen LogP contribution in [0.5, 0.6) is 5.75 Å². The molecule has 0 saturated carbocycles. The molecule has 0 aliphatic carbocycles. The van der Waals surface area contributed by atoms with Crippen LogP contribution in [0.3, 0.4) is 0 Å². The van der Waals surface area contributed by atoms with Crippen LogP contribution in [0.2, 0.25) is 0 Å². The average Bonchev–Trinajstić information content (AvgIpc) is 2.45. The Morgan fingerprint density at radius 1 is 1.29 bits per heavy atom. The molecule has 0 aliphatic rings. The zero-order valence-corrected chi connectivity index (χ0v) is 14.3. The van der Waals surface area contributed by atoms with E-state index in [1.807, 2.05) is 39.0 Å². The summed E-state index contributed by atoms with van der Waals surface area (Å²) in [6.07, 6.45) is -0.0972. The largest absolute Gasteiger partial charge is 0.489 e.